The topological polar surface area (TPSA) is 17.1 Å². The lowest BCUT2D eigenvalue weighted by Gasteiger charge is -2.02. The summed E-state index contributed by atoms with van der Waals surface area (Å²) in [5.41, 5.74) is 0. The monoisotopic (exact) mass is 356 g/mol. The lowest BCUT2D eigenvalue weighted by atomic mass is 11.3. The number of rotatable bonds is 3. The SMILES string of the molecule is C=CP(=O)(CI)CI. The fraction of sp³-hybridized carbons (Fsp3) is 0.500. The molecule has 0 aromatic rings. The van der Waals surface area contributed by atoms with E-state index >= 15 is 0 Å². The maximum Gasteiger partial charge on any atom is 0.126 e. The van der Waals surface area contributed by atoms with Crippen molar-refractivity contribution in [1.29, 1.82) is 0 Å². The van der Waals surface area contributed by atoms with Gasteiger partial charge in [0.2, 0.25) is 0 Å². The van der Waals surface area contributed by atoms with Gasteiger partial charge in [-0.15, -0.1) is 0 Å². The van der Waals surface area contributed by atoms with E-state index in [4.69, 9.17) is 0 Å². The summed E-state index contributed by atoms with van der Waals surface area (Å²) in [7, 11) is -1.92. The van der Waals surface area contributed by atoms with Gasteiger partial charge in [0.1, 0.15) is 7.14 Å². The van der Waals surface area contributed by atoms with Crippen LogP contribution in [-0.2, 0) is 4.57 Å². The normalized spacial score (nSPS) is 11.2. The highest BCUT2D eigenvalue weighted by Crippen LogP contribution is 2.49. The highest BCUT2D eigenvalue weighted by Gasteiger charge is 2.11. The number of hydrogen-bond acceptors (Lipinski definition) is 1. The highest BCUT2D eigenvalue weighted by atomic mass is 127. The van der Waals surface area contributed by atoms with Crippen molar-refractivity contribution >= 4 is 52.3 Å². The smallest absolute Gasteiger partial charge is 0.126 e. The van der Waals surface area contributed by atoms with Crippen LogP contribution < -0.4 is 0 Å². The lowest BCUT2D eigenvalue weighted by Crippen LogP contribution is -1.75. The van der Waals surface area contributed by atoms with Crippen molar-refractivity contribution in [3.63, 3.8) is 0 Å². The zero-order chi connectivity index (χ0) is 6.62. The van der Waals surface area contributed by atoms with E-state index in [1.807, 2.05) is 0 Å². The van der Waals surface area contributed by atoms with Gasteiger partial charge in [-0.25, -0.2) is 0 Å². The third-order valence-corrected chi connectivity index (χ3v) is 9.14. The van der Waals surface area contributed by atoms with Gasteiger partial charge < -0.3 is 4.57 Å². The molecule has 0 aliphatic carbocycles. The van der Waals surface area contributed by atoms with Gasteiger partial charge in [0.15, 0.2) is 0 Å². The second-order valence-corrected chi connectivity index (χ2v) is 8.22. The van der Waals surface area contributed by atoms with Gasteiger partial charge in [-0.05, 0) is 5.82 Å². The highest BCUT2D eigenvalue weighted by molar-refractivity contribution is 14.1. The van der Waals surface area contributed by atoms with E-state index in [1.54, 1.807) is 5.82 Å². The Kier molecular flexibility index (Phi) is 5.04. The van der Waals surface area contributed by atoms with Gasteiger partial charge in [0.25, 0.3) is 0 Å². The molecule has 0 aromatic heterocycles. The van der Waals surface area contributed by atoms with Crippen molar-refractivity contribution in [3.05, 3.63) is 12.4 Å². The Labute approximate surface area is 77.0 Å². The molecule has 0 aliphatic heterocycles. The molecule has 0 unspecified atom stereocenters. The standard InChI is InChI=1S/C4H7I2OP/c1-2-8(7,3-5)4-6/h2H,1,3-4H2. The minimum absolute atomic E-state index is 0.719. The molecular weight excluding hydrogens is 349 g/mol. The molecule has 48 valence electrons. The van der Waals surface area contributed by atoms with Crippen molar-refractivity contribution in [3.8, 4) is 0 Å². The molecule has 0 amide bonds. The summed E-state index contributed by atoms with van der Waals surface area (Å²) in [6.45, 7) is 3.50. The van der Waals surface area contributed by atoms with Crippen LogP contribution in [0.25, 0.3) is 0 Å². The Balaban J connectivity index is 3.99. The molecule has 0 fully saturated rings. The van der Waals surface area contributed by atoms with Gasteiger partial charge in [0.05, 0.1) is 8.34 Å². The van der Waals surface area contributed by atoms with Crippen LogP contribution in [0.15, 0.2) is 12.4 Å². The molecule has 0 rings (SSSR count). The molecule has 0 aromatic carbocycles. The summed E-state index contributed by atoms with van der Waals surface area (Å²) in [6, 6.07) is 0. The third-order valence-electron chi connectivity index (χ3n) is 0.737. The molecule has 0 saturated heterocycles. The second kappa shape index (κ2) is 4.28. The van der Waals surface area contributed by atoms with Crippen LogP contribution in [0.3, 0.4) is 0 Å². The Morgan fingerprint density at radius 3 is 1.88 bits per heavy atom. The molecule has 8 heavy (non-hydrogen) atoms. The molecule has 4 heteroatoms. The summed E-state index contributed by atoms with van der Waals surface area (Å²) >= 11 is 4.25. The van der Waals surface area contributed by atoms with Crippen molar-refractivity contribution < 1.29 is 4.57 Å². The van der Waals surface area contributed by atoms with Gasteiger partial charge in [-0.2, -0.15) is 0 Å². The van der Waals surface area contributed by atoms with E-state index in [1.165, 1.54) is 0 Å². The van der Waals surface area contributed by atoms with Crippen LogP contribution in [0.1, 0.15) is 0 Å². The van der Waals surface area contributed by atoms with Gasteiger partial charge in [-0.3, -0.25) is 0 Å². The lowest BCUT2D eigenvalue weighted by molar-refractivity contribution is 0.587. The van der Waals surface area contributed by atoms with E-state index < -0.39 is 7.14 Å². The predicted octanol–water partition coefficient (Wildman–Crippen LogP) is 3.28. The van der Waals surface area contributed by atoms with E-state index in [2.05, 4.69) is 51.8 Å². The predicted molar refractivity (Wildman–Crippen MR) is 55.6 cm³/mol. The molecule has 0 N–H and O–H groups in total. The molecule has 0 aliphatic rings. The Bertz CT molecular complexity index is 115. The van der Waals surface area contributed by atoms with Crippen LogP contribution in [0.2, 0.25) is 0 Å². The maximum atomic E-state index is 11.2. The number of hydrogen-bond donors (Lipinski definition) is 0. The average molecular weight is 356 g/mol. The zero-order valence-corrected chi connectivity index (χ0v) is 9.52. The quantitative estimate of drug-likeness (QED) is 0.431. The van der Waals surface area contributed by atoms with Crippen LogP contribution in [0, 0.1) is 0 Å². The van der Waals surface area contributed by atoms with Gasteiger partial charge in [0, 0.05) is 0 Å². The fourth-order valence-corrected chi connectivity index (χ4v) is 6.28. The Morgan fingerprint density at radius 2 is 1.88 bits per heavy atom. The molecule has 0 saturated carbocycles. The maximum absolute atomic E-state index is 11.2. The molecule has 0 radical (unpaired) electrons. The van der Waals surface area contributed by atoms with E-state index in [9.17, 15) is 4.57 Å². The van der Waals surface area contributed by atoms with Crippen molar-refractivity contribution in [2.75, 3.05) is 8.34 Å². The number of alkyl halides is 2. The molecule has 1 nitrogen and oxygen atoms in total. The fourth-order valence-electron chi connectivity index (χ4n) is 0.130. The molecule has 0 bridgehead atoms. The van der Waals surface area contributed by atoms with Crippen LogP contribution in [0.5, 0.6) is 0 Å². The minimum atomic E-state index is -1.92. The minimum Gasteiger partial charge on any atom is -0.318 e. The first-order chi connectivity index (χ1) is 3.68. The Hall–Kier alpha value is 1.43. The molecule has 0 atom stereocenters. The van der Waals surface area contributed by atoms with Gasteiger partial charge in [-0.1, -0.05) is 51.8 Å². The average Bonchev–Trinajstić information content (AvgIpc) is 1.87. The molecule has 0 spiro atoms. The van der Waals surface area contributed by atoms with Crippen LogP contribution in [0.4, 0.5) is 0 Å². The largest absolute Gasteiger partial charge is 0.318 e. The zero-order valence-electron chi connectivity index (χ0n) is 4.31. The van der Waals surface area contributed by atoms with Crippen molar-refractivity contribution in [2.24, 2.45) is 0 Å². The summed E-state index contributed by atoms with van der Waals surface area (Å²) in [5.74, 6) is 1.59. The first kappa shape index (κ1) is 9.43. The Morgan fingerprint density at radius 1 is 1.50 bits per heavy atom. The number of halogens is 2. The summed E-state index contributed by atoms with van der Waals surface area (Å²) < 4.78 is 12.6. The van der Waals surface area contributed by atoms with E-state index in [0.29, 0.717) is 0 Å². The first-order valence-corrected chi connectivity index (χ1v) is 7.21. The van der Waals surface area contributed by atoms with E-state index in [0.717, 1.165) is 8.34 Å². The molecule has 0 heterocycles. The summed E-state index contributed by atoms with van der Waals surface area (Å²) in [5, 5.41) is 0. The van der Waals surface area contributed by atoms with Crippen LogP contribution >= 0.6 is 52.3 Å². The summed E-state index contributed by atoms with van der Waals surface area (Å²) in [6.07, 6.45) is 0. The van der Waals surface area contributed by atoms with Gasteiger partial charge >= 0.3 is 0 Å². The van der Waals surface area contributed by atoms with Crippen molar-refractivity contribution in [1.82, 2.24) is 0 Å². The first-order valence-electron chi connectivity index (χ1n) is 2.02. The van der Waals surface area contributed by atoms with Crippen LogP contribution in [-0.4, -0.2) is 8.34 Å². The van der Waals surface area contributed by atoms with Crippen molar-refractivity contribution in [2.45, 2.75) is 0 Å². The summed E-state index contributed by atoms with van der Waals surface area (Å²) in [4.78, 5) is 0. The second-order valence-electron chi connectivity index (χ2n) is 1.37. The third kappa shape index (κ3) is 2.82. The molecular formula is C4H7I2OP. The van der Waals surface area contributed by atoms with E-state index in [-0.39, 0.29) is 0 Å².